The third-order valence-corrected chi connectivity index (χ3v) is 4.61. The van der Waals surface area contributed by atoms with Crippen molar-refractivity contribution in [3.8, 4) is 11.5 Å². The van der Waals surface area contributed by atoms with E-state index in [1.807, 2.05) is 10.8 Å². The van der Waals surface area contributed by atoms with E-state index in [0.29, 0.717) is 40.1 Å². The van der Waals surface area contributed by atoms with Crippen molar-refractivity contribution >= 4 is 16.9 Å². The molecule has 1 aromatic carbocycles. The normalized spacial score (nSPS) is 10.8. The van der Waals surface area contributed by atoms with Crippen molar-refractivity contribution in [3.63, 3.8) is 0 Å². The summed E-state index contributed by atoms with van der Waals surface area (Å²) in [4.78, 5) is 28.7. The zero-order valence-electron chi connectivity index (χ0n) is 16.2. The Morgan fingerprint density at radius 2 is 2.11 bits per heavy atom. The van der Waals surface area contributed by atoms with E-state index in [4.69, 9.17) is 13.9 Å². The van der Waals surface area contributed by atoms with Gasteiger partial charge in [0.25, 0.3) is 0 Å². The maximum Gasteiger partial charge on any atom is 0.340 e. The fourth-order valence-corrected chi connectivity index (χ4v) is 3.10. The number of hydrogen-bond acceptors (Lipinski definition) is 6. The fraction of sp³-hybridized carbons (Fsp3) is 0.350. The SMILES string of the molecule is COc1ccc2c(C)c(CC(=O)NCCCn3ccnc3)c(=O)oc2c1OC. The molecule has 1 N–H and O–H groups in total. The Labute approximate surface area is 162 Å². The highest BCUT2D eigenvalue weighted by atomic mass is 16.5. The second kappa shape index (κ2) is 8.60. The van der Waals surface area contributed by atoms with Gasteiger partial charge in [0.05, 0.1) is 32.5 Å². The number of nitrogens with zero attached hydrogens (tertiary/aromatic N) is 2. The van der Waals surface area contributed by atoms with Gasteiger partial charge in [-0.15, -0.1) is 0 Å². The minimum atomic E-state index is -0.551. The first-order valence-electron chi connectivity index (χ1n) is 8.94. The molecule has 0 fully saturated rings. The Bertz CT molecular complexity index is 1020. The quantitative estimate of drug-likeness (QED) is 0.471. The van der Waals surface area contributed by atoms with Gasteiger partial charge in [0.1, 0.15) is 0 Å². The predicted octanol–water partition coefficient (Wildman–Crippen LogP) is 2.06. The molecule has 0 aliphatic carbocycles. The second-order valence-electron chi connectivity index (χ2n) is 6.35. The minimum absolute atomic E-state index is 0.0382. The van der Waals surface area contributed by atoms with Crippen molar-refractivity contribution in [2.45, 2.75) is 26.3 Å². The third kappa shape index (κ3) is 4.00. The van der Waals surface area contributed by atoms with Crippen LogP contribution < -0.4 is 20.4 Å². The summed E-state index contributed by atoms with van der Waals surface area (Å²) in [5.74, 6) is 0.609. The number of benzene rings is 1. The molecular weight excluding hydrogens is 362 g/mol. The van der Waals surface area contributed by atoms with Gasteiger partial charge in [0, 0.05) is 30.9 Å². The number of aryl methyl sites for hydroxylation is 2. The number of aromatic nitrogens is 2. The van der Waals surface area contributed by atoms with Crippen LogP contribution in [0.5, 0.6) is 11.5 Å². The van der Waals surface area contributed by atoms with Crippen LogP contribution in [0.3, 0.4) is 0 Å². The van der Waals surface area contributed by atoms with Crippen LogP contribution in [0.1, 0.15) is 17.5 Å². The van der Waals surface area contributed by atoms with Gasteiger partial charge in [-0.1, -0.05) is 0 Å². The summed E-state index contributed by atoms with van der Waals surface area (Å²) in [6.45, 7) is 3.08. The summed E-state index contributed by atoms with van der Waals surface area (Å²) in [6, 6.07) is 3.54. The van der Waals surface area contributed by atoms with E-state index in [1.165, 1.54) is 14.2 Å². The topological polar surface area (TPSA) is 95.6 Å². The standard InChI is InChI=1S/C20H23N3O5/c1-13-14-5-6-16(26-2)19(27-3)18(14)28-20(25)15(13)11-17(24)22-7-4-9-23-10-8-21-12-23/h5-6,8,10,12H,4,7,9,11H2,1-3H3,(H,22,24). The first kappa shape index (κ1) is 19.5. The van der Waals surface area contributed by atoms with E-state index in [1.54, 1.807) is 31.6 Å². The number of hydrogen-bond donors (Lipinski definition) is 1. The lowest BCUT2D eigenvalue weighted by Gasteiger charge is -2.13. The third-order valence-electron chi connectivity index (χ3n) is 4.61. The summed E-state index contributed by atoms with van der Waals surface area (Å²) >= 11 is 0. The highest BCUT2D eigenvalue weighted by Crippen LogP contribution is 2.36. The van der Waals surface area contributed by atoms with E-state index in [-0.39, 0.29) is 12.3 Å². The molecule has 0 aliphatic rings. The Morgan fingerprint density at radius 3 is 2.79 bits per heavy atom. The Kier molecular flexibility index (Phi) is 5.98. The Morgan fingerprint density at radius 1 is 1.29 bits per heavy atom. The van der Waals surface area contributed by atoms with Crippen LogP contribution in [0, 0.1) is 6.92 Å². The lowest BCUT2D eigenvalue weighted by atomic mass is 10.0. The molecule has 0 saturated carbocycles. The number of carbonyl (C=O) groups excluding carboxylic acids is 1. The van der Waals surface area contributed by atoms with Gasteiger partial charge >= 0.3 is 5.63 Å². The number of ether oxygens (including phenoxy) is 2. The molecule has 0 bridgehead atoms. The van der Waals surface area contributed by atoms with E-state index in [9.17, 15) is 9.59 Å². The van der Waals surface area contributed by atoms with Gasteiger partial charge < -0.3 is 23.8 Å². The monoisotopic (exact) mass is 385 g/mol. The van der Waals surface area contributed by atoms with Crippen LogP contribution in [0.15, 0.2) is 40.1 Å². The largest absolute Gasteiger partial charge is 0.493 e. The van der Waals surface area contributed by atoms with Crippen LogP contribution in [-0.2, 0) is 17.8 Å². The molecule has 2 heterocycles. The van der Waals surface area contributed by atoms with Crippen LogP contribution in [0.4, 0.5) is 0 Å². The molecule has 28 heavy (non-hydrogen) atoms. The number of methoxy groups -OCH3 is 2. The van der Waals surface area contributed by atoms with Crippen molar-refractivity contribution in [2.24, 2.45) is 0 Å². The highest BCUT2D eigenvalue weighted by molar-refractivity contribution is 5.89. The summed E-state index contributed by atoms with van der Waals surface area (Å²) in [5, 5.41) is 3.55. The zero-order valence-corrected chi connectivity index (χ0v) is 16.2. The van der Waals surface area contributed by atoms with Crippen molar-refractivity contribution in [1.29, 1.82) is 0 Å². The molecule has 0 saturated heterocycles. The summed E-state index contributed by atoms with van der Waals surface area (Å²) < 4.78 is 18.0. The van der Waals surface area contributed by atoms with Gasteiger partial charge in [0.2, 0.25) is 11.7 Å². The molecule has 8 heteroatoms. The molecule has 0 aliphatic heterocycles. The first-order chi connectivity index (χ1) is 13.5. The number of rotatable bonds is 8. The van der Waals surface area contributed by atoms with Crippen molar-refractivity contribution < 1.29 is 18.7 Å². The fourth-order valence-electron chi connectivity index (χ4n) is 3.10. The van der Waals surface area contributed by atoms with Crippen LogP contribution >= 0.6 is 0 Å². The second-order valence-corrected chi connectivity index (χ2v) is 6.35. The minimum Gasteiger partial charge on any atom is -0.493 e. The number of fused-ring (bicyclic) bond motifs is 1. The highest BCUT2D eigenvalue weighted by Gasteiger charge is 2.19. The average Bonchev–Trinajstić information content (AvgIpc) is 3.21. The molecule has 0 unspecified atom stereocenters. The van der Waals surface area contributed by atoms with Crippen LogP contribution in [0.25, 0.3) is 11.0 Å². The summed E-state index contributed by atoms with van der Waals surface area (Å²) in [5.41, 5.74) is 0.798. The molecule has 148 valence electrons. The van der Waals surface area contributed by atoms with E-state index in [2.05, 4.69) is 10.3 Å². The van der Waals surface area contributed by atoms with Gasteiger partial charge in [-0.05, 0) is 31.0 Å². The molecular formula is C20H23N3O5. The zero-order chi connectivity index (χ0) is 20.1. The number of amides is 1. The number of nitrogens with one attached hydrogen (secondary N) is 1. The lowest BCUT2D eigenvalue weighted by Crippen LogP contribution is -2.29. The van der Waals surface area contributed by atoms with E-state index < -0.39 is 5.63 Å². The summed E-state index contributed by atoms with van der Waals surface area (Å²) in [6.07, 6.45) is 6.04. The predicted molar refractivity (Wildman–Crippen MR) is 104 cm³/mol. The smallest absolute Gasteiger partial charge is 0.340 e. The van der Waals surface area contributed by atoms with Crippen LogP contribution in [0.2, 0.25) is 0 Å². The Hall–Kier alpha value is -3.29. The summed E-state index contributed by atoms with van der Waals surface area (Å²) in [7, 11) is 3.00. The van der Waals surface area contributed by atoms with Crippen molar-refractivity contribution in [2.75, 3.05) is 20.8 Å². The molecule has 0 spiro atoms. The molecule has 0 atom stereocenters. The van der Waals surface area contributed by atoms with Gasteiger partial charge in [0.15, 0.2) is 11.3 Å². The maximum absolute atomic E-state index is 12.5. The van der Waals surface area contributed by atoms with Gasteiger partial charge in [-0.25, -0.2) is 9.78 Å². The van der Waals surface area contributed by atoms with Gasteiger partial charge in [-0.3, -0.25) is 4.79 Å². The molecule has 1 amide bonds. The molecule has 3 rings (SSSR count). The van der Waals surface area contributed by atoms with Crippen molar-refractivity contribution in [3.05, 3.63) is 52.4 Å². The van der Waals surface area contributed by atoms with E-state index in [0.717, 1.165) is 13.0 Å². The Balaban J connectivity index is 1.73. The molecule has 8 nitrogen and oxygen atoms in total. The number of imidazole rings is 1. The van der Waals surface area contributed by atoms with Gasteiger partial charge in [-0.2, -0.15) is 0 Å². The van der Waals surface area contributed by atoms with Crippen LogP contribution in [-0.4, -0.2) is 36.2 Å². The maximum atomic E-state index is 12.5. The average molecular weight is 385 g/mol. The lowest BCUT2D eigenvalue weighted by molar-refractivity contribution is -0.120. The molecule has 2 aromatic heterocycles. The molecule has 3 aromatic rings. The van der Waals surface area contributed by atoms with Crippen molar-refractivity contribution in [1.82, 2.24) is 14.9 Å². The number of carbonyl (C=O) groups is 1. The first-order valence-corrected chi connectivity index (χ1v) is 8.94. The molecule has 0 radical (unpaired) electrons. The van der Waals surface area contributed by atoms with E-state index >= 15 is 0 Å².